The number of aromatic hydroxyl groups is 1. The van der Waals surface area contributed by atoms with Crippen molar-refractivity contribution < 1.29 is 9.84 Å². The number of phenols is 1. The van der Waals surface area contributed by atoms with Crippen LogP contribution in [0.3, 0.4) is 0 Å². The van der Waals surface area contributed by atoms with Gasteiger partial charge in [-0.3, -0.25) is 0 Å². The third-order valence-corrected chi connectivity index (χ3v) is 3.22. The molecule has 0 aliphatic rings. The lowest BCUT2D eigenvalue weighted by atomic mass is 10.1. The van der Waals surface area contributed by atoms with Gasteiger partial charge in [-0.15, -0.1) is 0 Å². The first-order valence-corrected chi connectivity index (χ1v) is 7.18. The van der Waals surface area contributed by atoms with Gasteiger partial charge < -0.3 is 9.84 Å². The number of para-hydroxylation sites is 2. The molecule has 6 heteroatoms. The zero-order valence-electron chi connectivity index (χ0n) is 12.5. The molecule has 3 aromatic rings. The number of phenolic OH excluding ortho intramolecular Hbond substituents is 1. The zero-order valence-corrected chi connectivity index (χ0v) is 12.5. The third-order valence-electron chi connectivity index (χ3n) is 3.22. The molecule has 1 heterocycles. The fourth-order valence-corrected chi connectivity index (χ4v) is 2.19. The smallest absolute Gasteiger partial charge is 0.372 e. The topological polar surface area (TPSA) is 77.2 Å². The standard InChI is InChI=1S/C17H15N3O3/c1-2-23-16-15(13-10-6-7-11-14(13)21)19-20(17(22)18-16)12-8-4-3-5-9-12/h3-11,21H,2H2,1H3. The van der Waals surface area contributed by atoms with Crippen molar-refractivity contribution in [3.8, 4) is 28.6 Å². The van der Waals surface area contributed by atoms with E-state index in [0.29, 0.717) is 23.6 Å². The van der Waals surface area contributed by atoms with Crippen LogP contribution in [-0.4, -0.2) is 26.5 Å². The van der Waals surface area contributed by atoms with E-state index in [1.165, 1.54) is 4.68 Å². The molecule has 0 amide bonds. The van der Waals surface area contributed by atoms with Crippen LogP contribution in [0.5, 0.6) is 11.6 Å². The van der Waals surface area contributed by atoms with Crippen LogP contribution in [0.1, 0.15) is 6.92 Å². The molecule has 0 atom stereocenters. The molecule has 0 bridgehead atoms. The van der Waals surface area contributed by atoms with Crippen molar-refractivity contribution in [3.63, 3.8) is 0 Å². The van der Waals surface area contributed by atoms with E-state index in [1.807, 2.05) is 6.07 Å². The molecule has 116 valence electrons. The lowest BCUT2D eigenvalue weighted by Crippen LogP contribution is -2.25. The van der Waals surface area contributed by atoms with Gasteiger partial charge in [0, 0.05) is 5.56 Å². The van der Waals surface area contributed by atoms with Crippen LogP contribution in [-0.2, 0) is 0 Å². The number of aromatic nitrogens is 3. The van der Waals surface area contributed by atoms with Crippen molar-refractivity contribution in [3.05, 3.63) is 65.1 Å². The molecule has 1 N–H and O–H groups in total. The van der Waals surface area contributed by atoms with Gasteiger partial charge in [0.15, 0.2) is 5.69 Å². The fourth-order valence-electron chi connectivity index (χ4n) is 2.19. The summed E-state index contributed by atoms with van der Waals surface area (Å²) >= 11 is 0. The van der Waals surface area contributed by atoms with E-state index in [9.17, 15) is 9.90 Å². The molecule has 0 fully saturated rings. The van der Waals surface area contributed by atoms with Gasteiger partial charge in [-0.25, -0.2) is 4.79 Å². The minimum Gasteiger partial charge on any atom is -0.507 e. The number of nitrogens with zero attached hydrogens (tertiary/aromatic N) is 3. The Kier molecular flexibility index (Phi) is 4.05. The Balaban J connectivity index is 2.25. The Labute approximate surface area is 132 Å². The van der Waals surface area contributed by atoms with Gasteiger partial charge in [-0.05, 0) is 31.2 Å². The van der Waals surface area contributed by atoms with E-state index < -0.39 is 5.69 Å². The van der Waals surface area contributed by atoms with Gasteiger partial charge in [0.2, 0.25) is 5.88 Å². The van der Waals surface area contributed by atoms with Crippen molar-refractivity contribution in [2.75, 3.05) is 6.61 Å². The number of rotatable bonds is 4. The molecule has 0 saturated heterocycles. The van der Waals surface area contributed by atoms with Crippen molar-refractivity contribution in [2.24, 2.45) is 0 Å². The van der Waals surface area contributed by atoms with Crippen molar-refractivity contribution in [2.45, 2.75) is 6.92 Å². The highest BCUT2D eigenvalue weighted by molar-refractivity contribution is 5.70. The molecule has 2 aromatic carbocycles. The molecule has 0 unspecified atom stereocenters. The molecule has 0 aliphatic carbocycles. The second kappa shape index (κ2) is 6.31. The lowest BCUT2D eigenvalue weighted by Gasteiger charge is -2.12. The highest BCUT2D eigenvalue weighted by Gasteiger charge is 2.17. The third kappa shape index (κ3) is 2.91. The molecule has 0 radical (unpaired) electrons. The minimum atomic E-state index is -0.543. The van der Waals surface area contributed by atoms with Gasteiger partial charge in [-0.2, -0.15) is 14.8 Å². The van der Waals surface area contributed by atoms with Crippen LogP contribution < -0.4 is 10.4 Å². The molecule has 3 rings (SSSR count). The predicted octanol–water partition coefficient (Wildman–Crippen LogP) is 2.40. The van der Waals surface area contributed by atoms with Gasteiger partial charge >= 0.3 is 5.69 Å². The van der Waals surface area contributed by atoms with Crippen LogP contribution >= 0.6 is 0 Å². The van der Waals surface area contributed by atoms with Crippen LogP contribution in [0.25, 0.3) is 16.9 Å². The Hall–Kier alpha value is -3.15. The Morgan fingerprint density at radius 1 is 1.09 bits per heavy atom. The molecule has 0 saturated carbocycles. The molecule has 1 aromatic heterocycles. The SMILES string of the molecule is CCOc1nc(=O)n(-c2ccccc2)nc1-c1ccccc1O. The van der Waals surface area contributed by atoms with E-state index in [2.05, 4.69) is 10.1 Å². The number of hydrogen-bond acceptors (Lipinski definition) is 5. The Morgan fingerprint density at radius 3 is 2.48 bits per heavy atom. The largest absolute Gasteiger partial charge is 0.507 e. The summed E-state index contributed by atoms with van der Waals surface area (Å²) in [5.74, 6) is 0.146. The predicted molar refractivity (Wildman–Crippen MR) is 85.9 cm³/mol. The molecule has 0 aliphatic heterocycles. The van der Waals surface area contributed by atoms with Crippen LogP contribution in [0, 0.1) is 0 Å². The maximum absolute atomic E-state index is 12.2. The number of benzene rings is 2. The van der Waals surface area contributed by atoms with Gasteiger partial charge in [-0.1, -0.05) is 30.3 Å². The second-order valence-electron chi connectivity index (χ2n) is 4.75. The normalized spacial score (nSPS) is 10.5. The Bertz CT molecular complexity index is 876. The molecule has 6 nitrogen and oxygen atoms in total. The van der Waals surface area contributed by atoms with Gasteiger partial charge in [0.1, 0.15) is 5.75 Å². The number of ether oxygens (including phenoxy) is 1. The quantitative estimate of drug-likeness (QED) is 0.800. The first kappa shape index (κ1) is 14.8. The maximum atomic E-state index is 12.2. The highest BCUT2D eigenvalue weighted by Crippen LogP contribution is 2.31. The summed E-state index contributed by atoms with van der Waals surface area (Å²) in [6, 6.07) is 15.7. The van der Waals surface area contributed by atoms with E-state index in [4.69, 9.17) is 4.74 Å². The average molecular weight is 309 g/mol. The average Bonchev–Trinajstić information content (AvgIpc) is 2.57. The summed E-state index contributed by atoms with van der Waals surface area (Å²) in [5.41, 5.74) is 0.810. The summed E-state index contributed by atoms with van der Waals surface area (Å²) in [5, 5.41) is 14.4. The van der Waals surface area contributed by atoms with Gasteiger partial charge in [0.05, 0.1) is 12.3 Å². The Morgan fingerprint density at radius 2 is 1.78 bits per heavy atom. The minimum absolute atomic E-state index is 0.0426. The van der Waals surface area contributed by atoms with E-state index >= 15 is 0 Å². The van der Waals surface area contributed by atoms with Crippen LogP contribution in [0.4, 0.5) is 0 Å². The van der Waals surface area contributed by atoms with E-state index in [1.54, 1.807) is 55.5 Å². The summed E-state index contributed by atoms with van der Waals surface area (Å²) < 4.78 is 6.60. The lowest BCUT2D eigenvalue weighted by molar-refractivity contribution is 0.322. The van der Waals surface area contributed by atoms with Crippen LogP contribution in [0.15, 0.2) is 59.4 Å². The van der Waals surface area contributed by atoms with E-state index in [0.717, 1.165) is 0 Å². The zero-order chi connectivity index (χ0) is 16.2. The molecular formula is C17H15N3O3. The molecule has 23 heavy (non-hydrogen) atoms. The summed E-state index contributed by atoms with van der Waals surface area (Å²) in [4.78, 5) is 16.2. The summed E-state index contributed by atoms with van der Waals surface area (Å²) in [7, 11) is 0. The van der Waals surface area contributed by atoms with Crippen molar-refractivity contribution in [1.29, 1.82) is 0 Å². The van der Waals surface area contributed by atoms with Crippen LogP contribution in [0.2, 0.25) is 0 Å². The fraction of sp³-hybridized carbons (Fsp3) is 0.118. The first-order chi connectivity index (χ1) is 11.2. The number of hydrogen-bond donors (Lipinski definition) is 1. The summed E-state index contributed by atoms with van der Waals surface area (Å²) in [6.45, 7) is 2.13. The monoisotopic (exact) mass is 309 g/mol. The van der Waals surface area contributed by atoms with Crippen molar-refractivity contribution in [1.82, 2.24) is 14.8 Å². The second-order valence-corrected chi connectivity index (χ2v) is 4.75. The highest BCUT2D eigenvalue weighted by atomic mass is 16.5. The first-order valence-electron chi connectivity index (χ1n) is 7.18. The molecule has 0 spiro atoms. The summed E-state index contributed by atoms with van der Waals surface area (Å²) in [6.07, 6.45) is 0. The molecular weight excluding hydrogens is 294 g/mol. The maximum Gasteiger partial charge on any atom is 0.372 e. The van der Waals surface area contributed by atoms with Crippen molar-refractivity contribution >= 4 is 0 Å². The van der Waals surface area contributed by atoms with Gasteiger partial charge in [0.25, 0.3) is 0 Å². The van der Waals surface area contributed by atoms with E-state index in [-0.39, 0.29) is 11.6 Å².